The molecule has 0 saturated heterocycles. The highest BCUT2D eigenvalue weighted by Crippen LogP contribution is 2.09. The molecule has 0 aliphatic heterocycles. The van der Waals surface area contributed by atoms with Crippen molar-refractivity contribution in [1.29, 1.82) is 0 Å². The van der Waals surface area contributed by atoms with Gasteiger partial charge in [-0.05, 0) is 35.4 Å². The molecule has 1 heteroatoms. The highest BCUT2D eigenvalue weighted by molar-refractivity contribution is 6.94. The minimum absolute atomic E-state index is 1.07. The smallest absolute Gasteiger partial charge is 0.105 e. The number of rotatable bonds is 3. The van der Waals surface area contributed by atoms with Gasteiger partial charge >= 0.3 is 0 Å². The van der Waals surface area contributed by atoms with Crippen molar-refractivity contribution in [3.63, 3.8) is 0 Å². The van der Waals surface area contributed by atoms with Crippen molar-refractivity contribution in [3.05, 3.63) is 77.5 Å². The molecule has 21 heavy (non-hydrogen) atoms. The van der Waals surface area contributed by atoms with Crippen molar-refractivity contribution in [2.24, 2.45) is 0 Å². The zero-order valence-corrected chi connectivity index (χ0v) is 14.1. The van der Waals surface area contributed by atoms with Gasteiger partial charge in [-0.2, -0.15) is 0 Å². The van der Waals surface area contributed by atoms with Crippen LogP contribution < -0.4 is 5.19 Å². The third-order valence-electron chi connectivity index (χ3n) is 3.84. The first-order chi connectivity index (χ1) is 10.1. The van der Waals surface area contributed by atoms with E-state index in [1.807, 2.05) is 0 Å². The first-order valence-corrected chi connectivity index (χ1v) is 10.5. The molecule has 2 rings (SSSR count). The summed E-state index contributed by atoms with van der Waals surface area (Å²) in [5.41, 5.74) is 5.67. The van der Waals surface area contributed by atoms with E-state index in [-0.39, 0.29) is 0 Å². The van der Waals surface area contributed by atoms with Crippen LogP contribution in [0.3, 0.4) is 0 Å². The number of aryl methyl sites for hydroxylation is 1. The third-order valence-corrected chi connectivity index (χ3v) is 6.68. The Bertz CT molecular complexity index is 682. The lowest BCUT2D eigenvalue weighted by Gasteiger charge is -2.19. The molecule has 2 aromatic rings. The summed E-state index contributed by atoms with van der Waals surface area (Å²) in [6, 6.07) is 17.0. The SMILES string of the molecule is C=C[Si](C)(C)c1ccccc1C#Cc1ccc(CC)cc1. The lowest BCUT2D eigenvalue weighted by molar-refractivity contribution is 1.14. The molecule has 0 N–H and O–H groups in total. The van der Waals surface area contributed by atoms with Crippen molar-refractivity contribution < 1.29 is 0 Å². The maximum absolute atomic E-state index is 4.00. The van der Waals surface area contributed by atoms with Gasteiger partial charge in [0, 0.05) is 11.1 Å². The van der Waals surface area contributed by atoms with Gasteiger partial charge in [-0.15, -0.1) is 6.58 Å². The van der Waals surface area contributed by atoms with E-state index in [0.717, 1.165) is 17.5 Å². The average molecular weight is 290 g/mol. The Morgan fingerprint density at radius 3 is 2.29 bits per heavy atom. The Hall–Kier alpha value is -2.04. The molecule has 2 aromatic carbocycles. The number of benzene rings is 2. The molecule has 106 valence electrons. The molecule has 0 radical (unpaired) electrons. The fourth-order valence-corrected chi connectivity index (χ4v) is 3.81. The fraction of sp³-hybridized carbons (Fsp3) is 0.200. The first-order valence-electron chi connectivity index (χ1n) is 7.41. The molecule has 0 saturated carbocycles. The van der Waals surface area contributed by atoms with Crippen molar-refractivity contribution in [1.82, 2.24) is 0 Å². The van der Waals surface area contributed by atoms with Gasteiger partial charge in [-0.25, -0.2) is 0 Å². The second-order valence-corrected chi connectivity index (χ2v) is 10.2. The summed E-state index contributed by atoms with van der Waals surface area (Å²) in [5, 5.41) is 1.36. The van der Waals surface area contributed by atoms with Crippen LogP contribution in [0, 0.1) is 11.8 Å². The normalized spacial score (nSPS) is 10.6. The molecular weight excluding hydrogens is 268 g/mol. The van der Waals surface area contributed by atoms with Gasteiger partial charge in [0.2, 0.25) is 0 Å². The first kappa shape index (κ1) is 15.3. The van der Waals surface area contributed by atoms with E-state index in [1.165, 1.54) is 10.8 Å². The Labute approximate surface area is 129 Å². The largest absolute Gasteiger partial charge is 0.107 e. The second-order valence-electron chi connectivity index (χ2n) is 5.77. The molecule has 0 aliphatic carbocycles. The highest BCUT2D eigenvalue weighted by Gasteiger charge is 2.21. The standard InChI is InChI=1S/C20H22Si/c1-5-17-11-13-18(14-12-17)15-16-19-9-7-8-10-20(19)21(3,4)6-2/h6-14H,2,5H2,1,3-4H3. The summed E-state index contributed by atoms with van der Waals surface area (Å²) in [7, 11) is -1.59. The topological polar surface area (TPSA) is 0 Å². The Morgan fingerprint density at radius 2 is 1.67 bits per heavy atom. The molecule has 0 bridgehead atoms. The summed E-state index contributed by atoms with van der Waals surface area (Å²) < 4.78 is 0. The molecule has 0 fully saturated rings. The molecule has 0 heterocycles. The molecular formula is C20H22Si. The van der Waals surface area contributed by atoms with Crippen LogP contribution in [0.15, 0.2) is 60.8 Å². The molecule has 0 aromatic heterocycles. The average Bonchev–Trinajstić information content (AvgIpc) is 2.53. The van der Waals surface area contributed by atoms with Crippen molar-refractivity contribution in [3.8, 4) is 11.8 Å². The molecule has 0 amide bonds. The minimum Gasteiger partial charge on any atom is -0.107 e. The molecule has 0 aliphatic rings. The van der Waals surface area contributed by atoms with Crippen LogP contribution in [0.5, 0.6) is 0 Å². The van der Waals surface area contributed by atoms with E-state index in [9.17, 15) is 0 Å². The summed E-state index contributed by atoms with van der Waals surface area (Å²) in [6.45, 7) is 10.8. The zero-order chi connectivity index (χ0) is 15.3. The van der Waals surface area contributed by atoms with E-state index in [2.05, 4.69) is 92.7 Å². The summed E-state index contributed by atoms with van der Waals surface area (Å²) >= 11 is 0. The summed E-state index contributed by atoms with van der Waals surface area (Å²) in [5.74, 6) is 6.63. The molecule has 0 unspecified atom stereocenters. The van der Waals surface area contributed by atoms with Crippen LogP contribution in [-0.4, -0.2) is 8.07 Å². The Morgan fingerprint density at radius 1 is 1.00 bits per heavy atom. The van der Waals surface area contributed by atoms with E-state index in [0.29, 0.717) is 0 Å². The lowest BCUT2D eigenvalue weighted by Crippen LogP contribution is -2.41. The van der Waals surface area contributed by atoms with Crippen LogP contribution >= 0.6 is 0 Å². The van der Waals surface area contributed by atoms with E-state index in [4.69, 9.17) is 0 Å². The minimum atomic E-state index is -1.59. The predicted octanol–water partition coefficient (Wildman–Crippen LogP) is 4.29. The second kappa shape index (κ2) is 6.61. The maximum Gasteiger partial charge on any atom is 0.105 e. The molecule has 0 spiro atoms. The van der Waals surface area contributed by atoms with Gasteiger partial charge in [0.05, 0.1) is 0 Å². The van der Waals surface area contributed by atoms with Crippen LogP contribution in [0.1, 0.15) is 23.6 Å². The number of hydrogen-bond donors (Lipinski definition) is 0. The van der Waals surface area contributed by atoms with E-state index >= 15 is 0 Å². The molecule has 0 atom stereocenters. The van der Waals surface area contributed by atoms with Crippen molar-refractivity contribution in [2.45, 2.75) is 26.4 Å². The van der Waals surface area contributed by atoms with Crippen molar-refractivity contribution in [2.75, 3.05) is 0 Å². The maximum atomic E-state index is 4.00. The third kappa shape index (κ3) is 3.74. The van der Waals surface area contributed by atoms with Gasteiger partial charge in [-0.3, -0.25) is 0 Å². The summed E-state index contributed by atoms with van der Waals surface area (Å²) in [6.07, 6.45) is 1.07. The van der Waals surface area contributed by atoms with Crippen LogP contribution in [0.25, 0.3) is 0 Å². The fourth-order valence-electron chi connectivity index (χ4n) is 2.23. The van der Waals surface area contributed by atoms with E-state index in [1.54, 1.807) is 0 Å². The Kier molecular flexibility index (Phi) is 4.83. The number of hydrogen-bond acceptors (Lipinski definition) is 0. The van der Waals surface area contributed by atoms with Gasteiger partial charge in [-0.1, -0.05) is 67.9 Å². The van der Waals surface area contributed by atoms with E-state index < -0.39 is 8.07 Å². The van der Waals surface area contributed by atoms with Crippen LogP contribution in [0.2, 0.25) is 13.1 Å². The monoisotopic (exact) mass is 290 g/mol. The zero-order valence-electron chi connectivity index (χ0n) is 13.1. The van der Waals surface area contributed by atoms with Gasteiger partial charge in [0.1, 0.15) is 8.07 Å². The Balaban J connectivity index is 2.36. The van der Waals surface area contributed by atoms with Gasteiger partial charge in [0.15, 0.2) is 0 Å². The quantitative estimate of drug-likeness (QED) is 0.584. The van der Waals surface area contributed by atoms with Crippen LogP contribution in [0.4, 0.5) is 0 Å². The lowest BCUT2D eigenvalue weighted by atomic mass is 10.1. The van der Waals surface area contributed by atoms with Gasteiger partial charge in [0.25, 0.3) is 0 Å². The summed E-state index contributed by atoms with van der Waals surface area (Å²) in [4.78, 5) is 0. The van der Waals surface area contributed by atoms with Crippen LogP contribution in [-0.2, 0) is 6.42 Å². The van der Waals surface area contributed by atoms with Gasteiger partial charge < -0.3 is 0 Å². The molecule has 0 nitrogen and oxygen atoms in total. The highest BCUT2D eigenvalue weighted by atomic mass is 28.3. The van der Waals surface area contributed by atoms with Crippen molar-refractivity contribution >= 4 is 13.3 Å². The predicted molar refractivity (Wildman–Crippen MR) is 95.6 cm³/mol.